The third-order valence-electron chi connectivity index (χ3n) is 4.80. The molecule has 0 bridgehead atoms. The molecule has 1 heterocycles. The van der Waals surface area contributed by atoms with Gasteiger partial charge in [-0.05, 0) is 37.0 Å². The van der Waals surface area contributed by atoms with Gasteiger partial charge < -0.3 is 20.3 Å². The predicted molar refractivity (Wildman–Crippen MR) is 84.2 cm³/mol. The Morgan fingerprint density at radius 1 is 1.45 bits per heavy atom. The minimum atomic E-state index is -0.893. The molecule has 0 aromatic carbocycles. The van der Waals surface area contributed by atoms with Gasteiger partial charge in [0.15, 0.2) is 0 Å². The lowest BCUT2D eigenvalue weighted by Gasteiger charge is -2.07. The molecule has 3 N–H and O–H groups in total. The van der Waals surface area contributed by atoms with Gasteiger partial charge >= 0.3 is 0 Å². The molecule has 0 saturated heterocycles. The zero-order valence-corrected chi connectivity index (χ0v) is 13.3. The number of amides is 1. The second-order valence-electron chi connectivity index (χ2n) is 6.26. The molecule has 1 amide bonds. The maximum absolute atomic E-state index is 12.1. The number of aliphatic hydroxyl groups is 2. The van der Waals surface area contributed by atoms with Crippen molar-refractivity contribution in [2.24, 2.45) is 17.8 Å². The molecular weight excluding hydrogens is 302 g/mol. The standard InChI is InChI=1S/C16H23NO4S/c18-7-10(19)8-21-11-6-15(22-9-11)16(20)17-5-4-14-12-2-1-3-13(12)14/h6,9-10,12-14,18-19H,1-5,7-8H2,(H,17,20). The molecule has 1 aromatic heterocycles. The van der Waals surface area contributed by atoms with Gasteiger partial charge in [-0.25, -0.2) is 0 Å². The van der Waals surface area contributed by atoms with Crippen LogP contribution in [0.15, 0.2) is 11.4 Å². The van der Waals surface area contributed by atoms with E-state index in [-0.39, 0.29) is 19.1 Å². The summed E-state index contributed by atoms with van der Waals surface area (Å²) in [5.41, 5.74) is 0. The zero-order chi connectivity index (χ0) is 15.5. The van der Waals surface area contributed by atoms with Crippen LogP contribution in [-0.2, 0) is 0 Å². The fourth-order valence-corrected chi connectivity index (χ4v) is 4.34. The molecule has 6 heteroatoms. The van der Waals surface area contributed by atoms with Gasteiger partial charge in [0.1, 0.15) is 18.5 Å². The van der Waals surface area contributed by atoms with Gasteiger partial charge in [0.25, 0.3) is 5.91 Å². The summed E-state index contributed by atoms with van der Waals surface area (Å²) in [6.45, 7) is 0.438. The van der Waals surface area contributed by atoms with Crippen molar-refractivity contribution in [3.05, 3.63) is 16.3 Å². The SMILES string of the molecule is O=C(NCCC1C2CCCC21)c1cc(OCC(O)CO)cs1. The van der Waals surface area contributed by atoms with E-state index in [1.54, 1.807) is 11.4 Å². The summed E-state index contributed by atoms with van der Waals surface area (Å²) in [4.78, 5) is 12.7. The highest BCUT2D eigenvalue weighted by atomic mass is 32.1. The van der Waals surface area contributed by atoms with Crippen LogP contribution in [0.3, 0.4) is 0 Å². The number of hydrogen-bond acceptors (Lipinski definition) is 5. The first-order valence-electron chi connectivity index (χ1n) is 7.97. The van der Waals surface area contributed by atoms with E-state index < -0.39 is 6.10 Å². The highest BCUT2D eigenvalue weighted by molar-refractivity contribution is 7.12. The van der Waals surface area contributed by atoms with Gasteiger partial charge in [-0.2, -0.15) is 0 Å². The Hall–Kier alpha value is -1.11. The molecule has 1 aromatic rings. The van der Waals surface area contributed by atoms with E-state index in [4.69, 9.17) is 9.84 Å². The van der Waals surface area contributed by atoms with E-state index in [1.807, 2.05) is 0 Å². The number of rotatable bonds is 8. The van der Waals surface area contributed by atoms with Gasteiger partial charge in [-0.15, -0.1) is 11.3 Å². The van der Waals surface area contributed by atoms with Gasteiger partial charge in [0.05, 0.1) is 11.5 Å². The Labute approximate surface area is 134 Å². The Morgan fingerprint density at radius 2 is 2.23 bits per heavy atom. The van der Waals surface area contributed by atoms with E-state index in [0.717, 1.165) is 30.7 Å². The monoisotopic (exact) mass is 325 g/mol. The van der Waals surface area contributed by atoms with Crippen molar-refractivity contribution in [3.63, 3.8) is 0 Å². The molecule has 0 aliphatic heterocycles. The topological polar surface area (TPSA) is 78.8 Å². The van der Waals surface area contributed by atoms with E-state index >= 15 is 0 Å². The highest BCUT2D eigenvalue weighted by Crippen LogP contribution is 2.58. The first kappa shape index (κ1) is 15.8. The summed E-state index contributed by atoms with van der Waals surface area (Å²) in [7, 11) is 0. The smallest absolute Gasteiger partial charge is 0.261 e. The first-order valence-corrected chi connectivity index (χ1v) is 8.85. The van der Waals surface area contributed by atoms with Crippen LogP contribution in [0, 0.1) is 17.8 Å². The molecule has 2 aliphatic rings. The summed E-state index contributed by atoms with van der Waals surface area (Å²) < 4.78 is 5.31. The summed E-state index contributed by atoms with van der Waals surface area (Å²) in [5.74, 6) is 3.22. The number of aliphatic hydroxyl groups excluding tert-OH is 2. The molecule has 3 atom stereocenters. The normalized spacial score (nSPS) is 27.3. The molecule has 22 heavy (non-hydrogen) atoms. The first-order chi connectivity index (χ1) is 10.7. The van der Waals surface area contributed by atoms with E-state index in [0.29, 0.717) is 10.6 Å². The molecule has 2 aliphatic carbocycles. The number of carbonyl (C=O) groups excluding carboxylic acids is 1. The predicted octanol–water partition coefficient (Wildman–Crippen LogP) is 1.65. The Bertz CT molecular complexity index is 508. The van der Waals surface area contributed by atoms with Crippen LogP contribution in [0.5, 0.6) is 5.75 Å². The Kier molecular flexibility index (Phi) is 5.00. The lowest BCUT2D eigenvalue weighted by molar-refractivity contribution is 0.0537. The maximum atomic E-state index is 12.1. The summed E-state index contributed by atoms with van der Waals surface area (Å²) >= 11 is 1.33. The third kappa shape index (κ3) is 3.62. The van der Waals surface area contributed by atoms with Gasteiger partial charge in [0, 0.05) is 18.0 Å². The molecule has 3 unspecified atom stereocenters. The molecule has 0 spiro atoms. The molecule has 3 rings (SSSR count). The second kappa shape index (κ2) is 6.98. The average Bonchev–Trinajstić information content (AvgIpc) is 2.95. The van der Waals surface area contributed by atoms with Crippen molar-refractivity contribution >= 4 is 17.2 Å². The summed E-state index contributed by atoms with van der Waals surface area (Å²) in [6, 6.07) is 1.68. The van der Waals surface area contributed by atoms with Crippen molar-refractivity contribution in [1.29, 1.82) is 0 Å². The lowest BCUT2D eigenvalue weighted by Crippen LogP contribution is -2.24. The van der Waals surface area contributed by atoms with E-state index in [9.17, 15) is 9.90 Å². The fraction of sp³-hybridized carbons (Fsp3) is 0.688. The fourth-order valence-electron chi connectivity index (χ4n) is 3.60. The number of thiophene rings is 1. The number of nitrogens with one attached hydrogen (secondary N) is 1. The third-order valence-corrected chi connectivity index (χ3v) is 5.71. The van der Waals surface area contributed by atoms with Crippen molar-refractivity contribution < 1.29 is 19.7 Å². The highest BCUT2D eigenvalue weighted by Gasteiger charge is 2.51. The molecule has 0 radical (unpaired) electrons. The molecule has 2 saturated carbocycles. The number of fused-ring (bicyclic) bond motifs is 1. The summed E-state index contributed by atoms with van der Waals surface area (Å²) in [5, 5.41) is 22.7. The minimum absolute atomic E-state index is 0.0265. The van der Waals surface area contributed by atoms with Crippen LogP contribution < -0.4 is 10.1 Å². The van der Waals surface area contributed by atoms with E-state index in [1.165, 1.54) is 30.6 Å². The average molecular weight is 325 g/mol. The number of hydrogen-bond donors (Lipinski definition) is 3. The zero-order valence-electron chi connectivity index (χ0n) is 12.5. The van der Waals surface area contributed by atoms with Crippen LogP contribution in [0.2, 0.25) is 0 Å². The second-order valence-corrected chi connectivity index (χ2v) is 7.17. The van der Waals surface area contributed by atoms with Crippen molar-refractivity contribution in [1.82, 2.24) is 5.32 Å². The minimum Gasteiger partial charge on any atom is -0.490 e. The van der Waals surface area contributed by atoms with Crippen molar-refractivity contribution in [2.75, 3.05) is 19.8 Å². The largest absolute Gasteiger partial charge is 0.490 e. The van der Waals surface area contributed by atoms with Crippen molar-refractivity contribution in [2.45, 2.75) is 31.8 Å². The number of ether oxygens (including phenoxy) is 1. The van der Waals surface area contributed by atoms with E-state index in [2.05, 4.69) is 5.32 Å². The van der Waals surface area contributed by atoms with Crippen LogP contribution >= 0.6 is 11.3 Å². The lowest BCUT2D eigenvalue weighted by atomic mass is 10.1. The summed E-state index contributed by atoms with van der Waals surface area (Å²) in [6.07, 6.45) is 4.36. The van der Waals surface area contributed by atoms with Gasteiger partial charge in [-0.3, -0.25) is 4.79 Å². The van der Waals surface area contributed by atoms with Gasteiger partial charge in [-0.1, -0.05) is 6.42 Å². The van der Waals surface area contributed by atoms with Crippen LogP contribution in [0.4, 0.5) is 0 Å². The van der Waals surface area contributed by atoms with Crippen LogP contribution in [0.25, 0.3) is 0 Å². The van der Waals surface area contributed by atoms with Gasteiger partial charge in [0.2, 0.25) is 0 Å². The molecule has 122 valence electrons. The molecule has 5 nitrogen and oxygen atoms in total. The number of carbonyl (C=O) groups is 1. The molecule has 2 fully saturated rings. The molecular formula is C16H23NO4S. The Morgan fingerprint density at radius 3 is 2.95 bits per heavy atom. The maximum Gasteiger partial charge on any atom is 0.261 e. The van der Waals surface area contributed by atoms with Crippen LogP contribution in [-0.4, -0.2) is 42.0 Å². The van der Waals surface area contributed by atoms with Crippen LogP contribution in [0.1, 0.15) is 35.4 Å². The van der Waals surface area contributed by atoms with Crippen molar-refractivity contribution in [3.8, 4) is 5.75 Å². The quantitative estimate of drug-likeness (QED) is 0.679. The Balaban J connectivity index is 1.37.